The number of aliphatic carboxylic acids is 1. The zero-order valence-electron chi connectivity index (χ0n) is 50.9. The Morgan fingerprint density at radius 3 is 1.76 bits per heavy atom. The fraction of sp³-hybridized carbons (Fsp3) is 0.883. The highest BCUT2D eigenvalue weighted by Crippen LogP contribution is 2.76. The van der Waals surface area contributed by atoms with Crippen molar-refractivity contribution in [2.45, 2.75) is 249 Å². The minimum Gasteiger partial charge on any atom is -0.479 e. The van der Waals surface area contributed by atoms with Gasteiger partial charge in [-0.25, -0.2) is 4.79 Å². The highest BCUT2D eigenvalue weighted by atomic mass is 16.8. The van der Waals surface area contributed by atoms with Crippen molar-refractivity contribution in [3.05, 3.63) is 23.3 Å². The molecular weight excluding hydrogens is 1150 g/mol. The minimum atomic E-state index is -2.27. The fourth-order valence-corrected chi connectivity index (χ4v) is 17.8. The smallest absolute Gasteiger partial charge is 0.335 e. The molecule has 0 aromatic rings. The number of ketones is 1. The van der Waals surface area contributed by atoms with Crippen molar-refractivity contribution in [3.8, 4) is 0 Å². The average Bonchev–Trinajstić information content (AvgIpc) is 0.664. The molecule has 0 amide bonds. The lowest BCUT2D eigenvalue weighted by Gasteiger charge is -2.73. The van der Waals surface area contributed by atoms with Crippen LogP contribution in [-0.4, -0.2) is 262 Å². The Morgan fingerprint density at radius 1 is 0.644 bits per heavy atom. The van der Waals surface area contributed by atoms with Crippen LogP contribution in [0, 0.1) is 56.2 Å². The molecule has 4 saturated carbocycles. The van der Waals surface area contributed by atoms with Crippen molar-refractivity contribution in [3.63, 3.8) is 0 Å². The van der Waals surface area contributed by atoms with Gasteiger partial charge in [0, 0.05) is 23.2 Å². The number of rotatable bonds is 15. The second kappa shape index (κ2) is 24.9. The van der Waals surface area contributed by atoms with Crippen LogP contribution in [0.15, 0.2) is 23.3 Å². The van der Waals surface area contributed by atoms with Crippen molar-refractivity contribution in [2.75, 3.05) is 26.4 Å². The van der Waals surface area contributed by atoms with Gasteiger partial charge in [-0.15, -0.1) is 0 Å². The lowest BCUT2D eigenvalue weighted by Crippen LogP contribution is -2.75. The lowest BCUT2D eigenvalue weighted by molar-refractivity contribution is -0.401. The molecule has 5 aliphatic carbocycles. The zero-order chi connectivity index (χ0) is 64.3. The third kappa shape index (κ3) is 10.9. The van der Waals surface area contributed by atoms with Crippen LogP contribution >= 0.6 is 0 Å². The van der Waals surface area contributed by atoms with Crippen molar-refractivity contribution >= 4 is 17.7 Å². The molecule has 0 bridgehead atoms. The highest BCUT2D eigenvalue weighted by Gasteiger charge is 2.76. The van der Waals surface area contributed by atoms with Gasteiger partial charge in [0.1, 0.15) is 91.6 Å². The molecular formula is C60H94O27. The number of carboxylic acids is 1. The van der Waals surface area contributed by atoms with E-state index >= 15 is 0 Å². The Bertz CT molecular complexity index is 2560. The summed E-state index contributed by atoms with van der Waals surface area (Å²) in [7, 11) is 0. The number of carbonyl (C=O) groups excluding carboxylic acids is 2. The topological polar surface area (TPSA) is 438 Å². The average molecular weight is 1250 g/mol. The van der Waals surface area contributed by atoms with E-state index in [1.54, 1.807) is 19.9 Å². The molecule has 27 nitrogen and oxygen atoms in total. The number of aliphatic hydroxyl groups excluding tert-OH is 14. The van der Waals surface area contributed by atoms with Crippen LogP contribution in [-0.2, 0) is 57.0 Å². The first-order valence-corrected chi connectivity index (χ1v) is 30.4. The minimum absolute atomic E-state index is 0.186. The van der Waals surface area contributed by atoms with Gasteiger partial charge in [-0.1, -0.05) is 66.2 Å². The van der Waals surface area contributed by atoms with Crippen LogP contribution in [0.25, 0.3) is 0 Å². The molecule has 0 radical (unpaired) electrons. The molecule has 8 fully saturated rings. The van der Waals surface area contributed by atoms with E-state index in [2.05, 4.69) is 19.9 Å². The van der Waals surface area contributed by atoms with Crippen LogP contribution in [0.2, 0.25) is 0 Å². The molecule has 496 valence electrons. The molecule has 27 heteroatoms. The predicted molar refractivity (Wildman–Crippen MR) is 294 cm³/mol. The predicted octanol–water partition coefficient (Wildman–Crippen LogP) is -2.59. The molecule has 4 saturated heterocycles. The molecule has 4 heterocycles. The van der Waals surface area contributed by atoms with E-state index in [1.807, 2.05) is 34.6 Å². The summed E-state index contributed by atoms with van der Waals surface area (Å²) < 4.78 is 54.7. The van der Waals surface area contributed by atoms with E-state index in [4.69, 9.17) is 42.6 Å². The monoisotopic (exact) mass is 1250 g/mol. The molecule has 4 aliphatic heterocycles. The maximum absolute atomic E-state index is 14.7. The summed E-state index contributed by atoms with van der Waals surface area (Å²) in [6, 6.07) is 0. The fourth-order valence-electron chi connectivity index (χ4n) is 17.8. The summed E-state index contributed by atoms with van der Waals surface area (Å²) in [5.74, 6) is -5.04. The number of fused-ring (bicyclic) bond motifs is 7. The van der Waals surface area contributed by atoms with Crippen LogP contribution < -0.4 is 0 Å². The van der Waals surface area contributed by atoms with E-state index in [9.17, 15) is 91.0 Å². The summed E-state index contributed by atoms with van der Waals surface area (Å²) in [5, 5.41) is 168. The maximum Gasteiger partial charge on any atom is 0.335 e. The molecule has 0 aromatic heterocycles. The normalized spacial score (nSPS) is 51.4. The van der Waals surface area contributed by atoms with E-state index in [0.717, 1.165) is 5.57 Å². The lowest BCUT2D eigenvalue weighted by atomic mass is 9.32. The summed E-state index contributed by atoms with van der Waals surface area (Å²) in [4.78, 5) is 40.7. The largest absolute Gasteiger partial charge is 0.479 e. The molecule has 9 rings (SSSR count). The number of ether oxygens (including phenoxy) is 9. The zero-order valence-corrected chi connectivity index (χ0v) is 50.9. The van der Waals surface area contributed by atoms with Crippen molar-refractivity contribution in [1.29, 1.82) is 0 Å². The van der Waals surface area contributed by atoms with Gasteiger partial charge in [-0.05, 0) is 91.9 Å². The van der Waals surface area contributed by atoms with Crippen molar-refractivity contribution in [2.24, 2.45) is 56.2 Å². The van der Waals surface area contributed by atoms with Crippen molar-refractivity contribution < 1.29 is 134 Å². The Kier molecular flexibility index (Phi) is 19.6. The summed E-state index contributed by atoms with van der Waals surface area (Å²) >= 11 is 0. The number of esters is 1. The van der Waals surface area contributed by atoms with E-state index in [1.165, 1.54) is 6.92 Å². The molecule has 0 aromatic carbocycles. The Morgan fingerprint density at radius 2 is 1.22 bits per heavy atom. The summed E-state index contributed by atoms with van der Waals surface area (Å²) in [6.07, 6.45) is -35.6. The highest BCUT2D eigenvalue weighted by molar-refractivity contribution is 5.98. The number of carbonyl (C=O) groups is 3. The van der Waals surface area contributed by atoms with Gasteiger partial charge in [0.15, 0.2) is 37.0 Å². The summed E-state index contributed by atoms with van der Waals surface area (Å²) in [5.41, 5.74) is -4.66. The van der Waals surface area contributed by atoms with Crippen LogP contribution in [0.1, 0.15) is 108 Å². The van der Waals surface area contributed by atoms with E-state index in [0.29, 0.717) is 37.7 Å². The number of carboxylic acid groups (broad SMARTS) is 1. The van der Waals surface area contributed by atoms with Crippen LogP contribution in [0.3, 0.4) is 0 Å². The van der Waals surface area contributed by atoms with Gasteiger partial charge in [0.05, 0.1) is 50.7 Å². The Hall–Kier alpha value is -2.79. The first-order valence-electron chi connectivity index (χ1n) is 30.4. The second-order valence-corrected chi connectivity index (χ2v) is 28.1. The SMILES string of the molecule is CC=C(C)C(=O)C1C(OC(C)=O)C(C)(C)CC2C3=CCC4C5(C)CCC(OC6OC(C(=O)O)C(O)C(OC7OCC(O)C(O)C7OC7OC(CO)C(O)C(O)C7O)C6OC6OC(CO)C(O)C(O)C6O)C(C)(C)C5CCC4(C)C3(C)C(O)C(O)C21CO. The van der Waals surface area contributed by atoms with Crippen LogP contribution in [0.5, 0.6) is 0 Å². The van der Waals surface area contributed by atoms with Gasteiger partial charge in [0.2, 0.25) is 0 Å². The van der Waals surface area contributed by atoms with Gasteiger partial charge < -0.3 is 119 Å². The first-order chi connectivity index (χ1) is 40.6. The molecule has 15 N–H and O–H groups in total. The van der Waals surface area contributed by atoms with Gasteiger partial charge in [-0.2, -0.15) is 0 Å². The molecule has 87 heavy (non-hydrogen) atoms. The molecule has 9 aliphatic rings. The van der Waals surface area contributed by atoms with Crippen molar-refractivity contribution in [1.82, 2.24) is 0 Å². The van der Waals surface area contributed by atoms with Gasteiger partial charge in [0.25, 0.3) is 0 Å². The third-order valence-corrected chi connectivity index (χ3v) is 22.9. The summed E-state index contributed by atoms with van der Waals surface area (Å²) in [6.45, 7) is 15.5. The first kappa shape index (κ1) is 68.6. The van der Waals surface area contributed by atoms with E-state index < -0.39 is 230 Å². The Labute approximate surface area is 504 Å². The number of hydrogen-bond acceptors (Lipinski definition) is 26. The van der Waals surface area contributed by atoms with Crippen LogP contribution in [0.4, 0.5) is 0 Å². The number of allylic oxidation sites excluding steroid dienone is 3. The maximum atomic E-state index is 14.7. The second-order valence-electron chi connectivity index (χ2n) is 28.1. The quantitative estimate of drug-likeness (QED) is 0.0346. The van der Waals surface area contributed by atoms with Gasteiger partial charge >= 0.3 is 11.9 Å². The number of Topliss-reactive ketones (excluding diaryl/α,β-unsaturated/α-hetero) is 1. The number of aliphatic hydroxyl groups is 14. The Balaban J connectivity index is 1.06. The molecule has 0 spiro atoms. The van der Waals surface area contributed by atoms with Gasteiger partial charge in [-0.3, -0.25) is 9.59 Å². The molecule has 31 unspecified atom stereocenters. The molecule has 31 atom stereocenters. The standard InChI is InChI=1S/C60H94O27/c1-11-23(2)34(66)33-49(80-24(3)64)55(4,5)18-26-25-12-13-31-57(8)16-15-32(56(6,7)30(57)14-17-58(31,9)59(25,10)47(75)48(76)60(26,33)22-63)83-54-46(87-52-41(73)39(71)37(69)29(20-62)82-52)43(42(74)44(85-54)50(77)78)84-53-45(35(67)27(65)21-79-53)86-51-40(72)38(70)36(68)28(19-61)81-51/h11-12,26-33,35-49,51-54,61-63,65,67-76H,13-22H2,1-10H3,(H,77,78). The van der Waals surface area contributed by atoms with E-state index in [-0.39, 0.29) is 18.3 Å². The number of hydrogen-bond donors (Lipinski definition) is 15. The third-order valence-electron chi connectivity index (χ3n) is 22.9.